The first-order chi connectivity index (χ1) is 16.5. The van der Waals surface area contributed by atoms with Gasteiger partial charge >= 0.3 is 6.03 Å². The van der Waals surface area contributed by atoms with Crippen LogP contribution in [-0.4, -0.2) is 40.8 Å². The molecule has 3 aromatic rings. The number of aryl methyl sites for hydroxylation is 3. The van der Waals surface area contributed by atoms with E-state index in [2.05, 4.69) is 27.4 Å². The molecule has 6 nitrogen and oxygen atoms in total. The molecule has 0 radical (unpaired) electrons. The molecule has 2 aromatic carbocycles. The number of aromatic nitrogens is 2. The first kappa shape index (κ1) is 22.4. The van der Waals surface area contributed by atoms with Gasteiger partial charge in [-0.15, -0.1) is 0 Å². The van der Waals surface area contributed by atoms with E-state index in [9.17, 15) is 13.6 Å². The fourth-order valence-corrected chi connectivity index (χ4v) is 5.24. The highest BCUT2D eigenvalue weighted by atomic mass is 19.3. The molecular formula is C26H29F2N5O. The van der Waals surface area contributed by atoms with Crippen molar-refractivity contribution < 1.29 is 13.6 Å². The van der Waals surface area contributed by atoms with Crippen molar-refractivity contribution >= 4 is 17.4 Å². The second-order valence-electron chi connectivity index (χ2n) is 9.02. The molecule has 0 aliphatic carbocycles. The SMILES string of the molecule is CNC(=O)N1CCCc2cccc(N3CCCc4cc(-c5cnn(C)c5)c(C(F)F)cc43)c2C1. The van der Waals surface area contributed by atoms with Gasteiger partial charge in [-0.25, -0.2) is 13.6 Å². The summed E-state index contributed by atoms with van der Waals surface area (Å²) in [6.07, 6.45) is 4.36. The molecule has 3 heterocycles. The van der Waals surface area contributed by atoms with Crippen LogP contribution in [0.3, 0.4) is 0 Å². The number of carbonyl (C=O) groups excluding carboxylic acids is 1. The summed E-state index contributed by atoms with van der Waals surface area (Å²) in [5, 5.41) is 6.91. The molecule has 0 fully saturated rings. The van der Waals surface area contributed by atoms with Crippen LogP contribution in [0, 0.1) is 0 Å². The van der Waals surface area contributed by atoms with Crippen LogP contribution in [0.2, 0.25) is 0 Å². The quantitative estimate of drug-likeness (QED) is 0.579. The van der Waals surface area contributed by atoms with Gasteiger partial charge in [0.15, 0.2) is 0 Å². The van der Waals surface area contributed by atoms with Crippen molar-refractivity contribution in [1.29, 1.82) is 0 Å². The monoisotopic (exact) mass is 465 g/mol. The molecule has 1 aromatic heterocycles. The number of nitrogens with zero attached hydrogens (tertiary/aromatic N) is 4. The Morgan fingerprint density at radius 2 is 1.88 bits per heavy atom. The largest absolute Gasteiger partial charge is 0.341 e. The summed E-state index contributed by atoms with van der Waals surface area (Å²) in [5.74, 6) is 0. The summed E-state index contributed by atoms with van der Waals surface area (Å²) >= 11 is 0. The summed E-state index contributed by atoms with van der Waals surface area (Å²) in [6, 6.07) is 9.69. The standard InChI is InChI=1S/C26H29F2N5O/c1-29-26(34)32-10-4-7-17-6-3-9-23(22(17)16-32)33-11-5-8-18-12-20(19-14-30-31(2)15-19)21(25(27)28)13-24(18)33/h3,6,9,12-15,25H,4-5,7-8,10-11,16H2,1-2H3,(H,29,34). The Morgan fingerprint density at radius 3 is 2.62 bits per heavy atom. The number of anilines is 2. The normalized spacial score (nSPS) is 15.7. The molecule has 2 amide bonds. The topological polar surface area (TPSA) is 53.4 Å². The second kappa shape index (κ2) is 9.08. The molecule has 5 rings (SSSR count). The summed E-state index contributed by atoms with van der Waals surface area (Å²) in [6.45, 7) is 1.94. The van der Waals surface area contributed by atoms with Crippen molar-refractivity contribution in [3.8, 4) is 11.1 Å². The Kier molecular flexibility index (Phi) is 5.98. The van der Waals surface area contributed by atoms with Gasteiger partial charge < -0.3 is 15.1 Å². The van der Waals surface area contributed by atoms with Gasteiger partial charge in [-0.1, -0.05) is 12.1 Å². The number of amides is 2. The van der Waals surface area contributed by atoms with Crippen molar-refractivity contribution in [2.45, 2.75) is 38.7 Å². The lowest BCUT2D eigenvalue weighted by molar-refractivity contribution is 0.152. The Bertz CT molecular complexity index is 1220. The van der Waals surface area contributed by atoms with E-state index in [1.807, 2.05) is 17.0 Å². The van der Waals surface area contributed by atoms with Crippen molar-refractivity contribution in [3.63, 3.8) is 0 Å². The number of urea groups is 1. The minimum atomic E-state index is -2.60. The molecule has 2 aliphatic heterocycles. The van der Waals surface area contributed by atoms with Crippen LogP contribution >= 0.6 is 0 Å². The minimum Gasteiger partial charge on any atom is -0.341 e. The van der Waals surface area contributed by atoms with Crippen molar-refractivity contribution in [1.82, 2.24) is 20.0 Å². The number of rotatable bonds is 3. The number of benzene rings is 2. The maximum absolute atomic E-state index is 14.2. The van der Waals surface area contributed by atoms with E-state index in [1.165, 1.54) is 5.56 Å². The van der Waals surface area contributed by atoms with Gasteiger partial charge in [-0.05, 0) is 66.1 Å². The molecule has 0 spiro atoms. The van der Waals surface area contributed by atoms with Crippen LogP contribution in [0.4, 0.5) is 25.0 Å². The molecule has 0 bridgehead atoms. The number of fused-ring (bicyclic) bond motifs is 2. The van der Waals surface area contributed by atoms with E-state index in [4.69, 9.17) is 0 Å². The van der Waals surface area contributed by atoms with Gasteiger partial charge in [-0.2, -0.15) is 5.10 Å². The summed E-state index contributed by atoms with van der Waals surface area (Å²) in [4.78, 5) is 16.4. The van der Waals surface area contributed by atoms with E-state index in [-0.39, 0.29) is 11.6 Å². The number of carbonyl (C=O) groups is 1. The van der Waals surface area contributed by atoms with Gasteiger partial charge in [0.05, 0.1) is 6.20 Å². The second-order valence-corrected chi connectivity index (χ2v) is 9.02. The van der Waals surface area contributed by atoms with Crippen LogP contribution in [0.5, 0.6) is 0 Å². The van der Waals surface area contributed by atoms with E-state index in [0.717, 1.165) is 54.7 Å². The van der Waals surface area contributed by atoms with E-state index in [0.29, 0.717) is 24.2 Å². The van der Waals surface area contributed by atoms with E-state index in [1.54, 1.807) is 37.2 Å². The van der Waals surface area contributed by atoms with Crippen LogP contribution in [0.25, 0.3) is 11.1 Å². The smallest absolute Gasteiger partial charge is 0.317 e. The van der Waals surface area contributed by atoms with Crippen LogP contribution in [0.1, 0.15) is 41.5 Å². The van der Waals surface area contributed by atoms with Crippen molar-refractivity contribution in [3.05, 3.63) is 65.0 Å². The van der Waals surface area contributed by atoms with Crippen LogP contribution < -0.4 is 10.2 Å². The highest BCUT2D eigenvalue weighted by Gasteiger charge is 2.28. The third kappa shape index (κ3) is 4.02. The average Bonchev–Trinajstić information content (AvgIpc) is 3.15. The fraction of sp³-hybridized carbons (Fsp3) is 0.385. The molecule has 8 heteroatoms. The molecule has 0 saturated carbocycles. The third-order valence-corrected chi connectivity index (χ3v) is 6.88. The Hall–Kier alpha value is -3.42. The predicted octanol–water partition coefficient (Wildman–Crippen LogP) is 5.20. The maximum atomic E-state index is 14.2. The summed E-state index contributed by atoms with van der Waals surface area (Å²) in [7, 11) is 3.43. The van der Waals surface area contributed by atoms with Gasteiger partial charge in [0.1, 0.15) is 0 Å². The molecule has 34 heavy (non-hydrogen) atoms. The first-order valence-electron chi connectivity index (χ1n) is 11.7. The van der Waals surface area contributed by atoms with Crippen molar-refractivity contribution in [2.75, 3.05) is 25.0 Å². The lowest BCUT2D eigenvalue weighted by Crippen LogP contribution is -2.38. The van der Waals surface area contributed by atoms with E-state index < -0.39 is 6.43 Å². The maximum Gasteiger partial charge on any atom is 0.317 e. The molecule has 2 aliphatic rings. The van der Waals surface area contributed by atoms with Gasteiger partial charge in [0.2, 0.25) is 0 Å². The summed E-state index contributed by atoms with van der Waals surface area (Å²) < 4.78 is 30.1. The fourth-order valence-electron chi connectivity index (χ4n) is 5.24. The molecule has 0 unspecified atom stereocenters. The highest BCUT2D eigenvalue weighted by Crippen LogP contribution is 2.43. The number of hydrogen-bond acceptors (Lipinski definition) is 3. The Balaban J connectivity index is 1.61. The third-order valence-electron chi connectivity index (χ3n) is 6.88. The number of halogens is 2. The molecule has 0 saturated heterocycles. The zero-order chi connectivity index (χ0) is 23.8. The first-order valence-corrected chi connectivity index (χ1v) is 11.7. The van der Waals surface area contributed by atoms with Crippen LogP contribution in [0.15, 0.2) is 42.7 Å². The molecule has 0 atom stereocenters. The van der Waals surface area contributed by atoms with E-state index >= 15 is 0 Å². The Labute approximate surface area is 198 Å². The number of hydrogen-bond donors (Lipinski definition) is 1. The average molecular weight is 466 g/mol. The van der Waals surface area contributed by atoms with Gasteiger partial charge in [0.25, 0.3) is 6.43 Å². The predicted molar refractivity (Wildman–Crippen MR) is 129 cm³/mol. The van der Waals surface area contributed by atoms with Gasteiger partial charge in [0, 0.05) is 62.4 Å². The molecular weight excluding hydrogens is 436 g/mol. The summed E-state index contributed by atoms with van der Waals surface area (Å²) in [5.41, 5.74) is 6.48. The lowest BCUT2D eigenvalue weighted by Gasteiger charge is -2.35. The highest BCUT2D eigenvalue weighted by molar-refractivity contribution is 5.79. The van der Waals surface area contributed by atoms with Crippen LogP contribution in [-0.2, 0) is 26.4 Å². The number of alkyl halides is 2. The lowest BCUT2D eigenvalue weighted by atomic mass is 9.92. The zero-order valence-electron chi connectivity index (χ0n) is 19.5. The molecule has 1 N–H and O–H groups in total. The zero-order valence-corrected chi connectivity index (χ0v) is 19.5. The molecule has 178 valence electrons. The Morgan fingerprint density at radius 1 is 1.09 bits per heavy atom. The van der Waals surface area contributed by atoms with Gasteiger partial charge in [-0.3, -0.25) is 4.68 Å². The number of nitrogens with one attached hydrogen (secondary N) is 1. The minimum absolute atomic E-state index is 0.0210. The van der Waals surface area contributed by atoms with Crippen molar-refractivity contribution in [2.24, 2.45) is 7.05 Å².